The lowest BCUT2D eigenvalue weighted by Gasteiger charge is -2.45. The zero-order valence-corrected chi connectivity index (χ0v) is 18.4. The van der Waals surface area contributed by atoms with E-state index in [0.717, 1.165) is 42.3 Å². The van der Waals surface area contributed by atoms with E-state index in [1.54, 1.807) is 14.2 Å². The average Bonchev–Trinajstić information content (AvgIpc) is 2.67. The minimum Gasteiger partial charge on any atom is -0.496 e. The largest absolute Gasteiger partial charge is 0.496 e. The summed E-state index contributed by atoms with van der Waals surface area (Å²) in [7, 11) is 3.45. The van der Waals surface area contributed by atoms with Crippen LogP contribution in [0.2, 0.25) is 0 Å². The Balaban J connectivity index is 1.63. The minimum atomic E-state index is 0.0769. The molecule has 4 heteroatoms. The molecule has 0 amide bonds. The molecule has 0 saturated carbocycles. The fourth-order valence-electron chi connectivity index (χ4n) is 4.45. The van der Waals surface area contributed by atoms with Crippen molar-refractivity contribution in [1.82, 2.24) is 0 Å². The molecule has 2 aromatic carbocycles. The maximum absolute atomic E-state index is 5.89. The van der Waals surface area contributed by atoms with Crippen LogP contribution in [0.4, 0.5) is 0 Å². The Morgan fingerprint density at radius 1 is 0.759 bits per heavy atom. The van der Waals surface area contributed by atoms with E-state index in [-0.39, 0.29) is 23.0 Å². The Morgan fingerprint density at radius 3 is 1.45 bits per heavy atom. The summed E-state index contributed by atoms with van der Waals surface area (Å²) in [5.74, 6) is 1.79. The predicted octanol–water partition coefficient (Wildman–Crippen LogP) is 5.49. The van der Waals surface area contributed by atoms with Gasteiger partial charge < -0.3 is 18.9 Å². The van der Waals surface area contributed by atoms with Crippen molar-refractivity contribution in [3.8, 4) is 11.5 Å². The molecule has 2 aromatic rings. The third kappa shape index (κ3) is 3.64. The van der Waals surface area contributed by atoms with Gasteiger partial charge in [0.25, 0.3) is 0 Å². The molecule has 156 valence electrons. The van der Waals surface area contributed by atoms with Crippen molar-refractivity contribution in [1.29, 1.82) is 0 Å². The van der Waals surface area contributed by atoms with Gasteiger partial charge in [-0.1, -0.05) is 39.8 Å². The van der Waals surface area contributed by atoms with E-state index in [0.29, 0.717) is 0 Å². The number of hydrogen-bond acceptors (Lipinski definition) is 4. The van der Waals surface area contributed by atoms with Gasteiger partial charge in [0.1, 0.15) is 11.5 Å². The van der Waals surface area contributed by atoms with Crippen LogP contribution in [0.5, 0.6) is 11.5 Å². The highest BCUT2D eigenvalue weighted by atomic mass is 16.5. The second kappa shape index (κ2) is 7.33. The van der Waals surface area contributed by atoms with Crippen LogP contribution in [0.1, 0.15) is 62.2 Å². The third-order valence-electron chi connectivity index (χ3n) is 6.22. The quantitative estimate of drug-likeness (QED) is 0.647. The van der Waals surface area contributed by atoms with Crippen LogP contribution in [-0.4, -0.2) is 27.4 Å². The topological polar surface area (TPSA) is 36.9 Å². The molecule has 4 nitrogen and oxygen atoms in total. The Morgan fingerprint density at radius 2 is 1.17 bits per heavy atom. The molecule has 0 bridgehead atoms. The van der Waals surface area contributed by atoms with Crippen LogP contribution in [0.3, 0.4) is 0 Å². The number of hydrogen-bond donors (Lipinski definition) is 0. The predicted molar refractivity (Wildman–Crippen MR) is 114 cm³/mol. The maximum Gasteiger partial charge on any atom is 0.124 e. The van der Waals surface area contributed by atoms with E-state index < -0.39 is 0 Å². The Labute approximate surface area is 174 Å². The highest BCUT2D eigenvalue weighted by molar-refractivity contribution is 5.45. The standard InChI is InChI=1S/C25H32O4/c1-24(2)14-28-22(24)18-12-16(7-9-20(18)26-5)11-17-8-10-21(27-6)19(13-17)23-25(3,4)15-29-23/h7-10,12-13,22-23H,11,14-15H2,1-6H3. The summed E-state index contributed by atoms with van der Waals surface area (Å²) in [6, 6.07) is 12.9. The molecule has 0 aliphatic carbocycles. The fourth-order valence-corrected chi connectivity index (χ4v) is 4.45. The van der Waals surface area contributed by atoms with E-state index in [2.05, 4.69) is 64.1 Å². The molecule has 2 atom stereocenters. The summed E-state index contributed by atoms with van der Waals surface area (Å²) in [5.41, 5.74) is 5.03. The zero-order chi connectivity index (χ0) is 20.8. The van der Waals surface area contributed by atoms with Crippen LogP contribution in [0, 0.1) is 10.8 Å². The highest BCUT2D eigenvalue weighted by Crippen LogP contribution is 2.50. The van der Waals surface area contributed by atoms with Gasteiger partial charge in [-0.25, -0.2) is 0 Å². The number of methoxy groups -OCH3 is 2. The molecule has 2 heterocycles. The van der Waals surface area contributed by atoms with Gasteiger partial charge in [-0.2, -0.15) is 0 Å². The van der Waals surface area contributed by atoms with E-state index in [9.17, 15) is 0 Å². The van der Waals surface area contributed by atoms with Crippen LogP contribution >= 0.6 is 0 Å². The first kappa shape index (κ1) is 20.2. The molecule has 2 saturated heterocycles. The molecule has 0 radical (unpaired) electrons. The van der Waals surface area contributed by atoms with Gasteiger partial charge >= 0.3 is 0 Å². The molecule has 0 spiro atoms. The van der Waals surface area contributed by atoms with Crippen molar-refractivity contribution in [2.75, 3.05) is 27.4 Å². The summed E-state index contributed by atoms with van der Waals surface area (Å²) in [5, 5.41) is 0. The van der Waals surface area contributed by atoms with Gasteiger partial charge in [-0.05, 0) is 41.8 Å². The molecule has 2 unspecified atom stereocenters. The minimum absolute atomic E-state index is 0.0769. The van der Waals surface area contributed by atoms with Crippen molar-refractivity contribution >= 4 is 0 Å². The SMILES string of the molecule is COc1ccc(Cc2ccc(OC)c(C3OCC3(C)C)c2)cc1C1OCC1(C)C. The molecular weight excluding hydrogens is 364 g/mol. The molecular formula is C25H32O4. The lowest BCUT2D eigenvalue weighted by molar-refractivity contribution is -0.172. The summed E-state index contributed by atoms with van der Waals surface area (Å²) < 4.78 is 23.0. The van der Waals surface area contributed by atoms with Gasteiger partial charge in [0.15, 0.2) is 0 Å². The monoisotopic (exact) mass is 396 g/mol. The van der Waals surface area contributed by atoms with E-state index in [1.165, 1.54) is 11.1 Å². The van der Waals surface area contributed by atoms with Crippen LogP contribution < -0.4 is 9.47 Å². The lowest BCUT2D eigenvalue weighted by atomic mass is 9.77. The fraction of sp³-hybridized carbons (Fsp3) is 0.520. The molecule has 2 aliphatic rings. The van der Waals surface area contributed by atoms with E-state index in [1.807, 2.05) is 0 Å². The number of ether oxygens (including phenoxy) is 4. The first-order chi connectivity index (χ1) is 13.7. The third-order valence-corrected chi connectivity index (χ3v) is 6.22. The normalized spacial score (nSPS) is 24.3. The second-order valence-electron chi connectivity index (χ2n) is 9.69. The van der Waals surface area contributed by atoms with Crippen molar-refractivity contribution < 1.29 is 18.9 Å². The molecule has 29 heavy (non-hydrogen) atoms. The summed E-state index contributed by atoms with van der Waals surface area (Å²) in [4.78, 5) is 0. The highest BCUT2D eigenvalue weighted by Gasteiger charge is 2.43. The van der Waals surface area contributed by atoms with Crippen molar-refractivity contribution in [2.45, 2.75) is 46.3 Å². The van der Waals surface area contributed by atoms with Gasteiger partial charge in [0.05, 0.1) is 39.6 Å². The van der Waals surface area contributed by atoms with Crippen molar-refractivity contribution in [3.63, 3.8) is 0 Å². The van der Waals surface area contributed by atoms with Crippen LogP contribution in [-0.2, 0) is 15.9 Å². The summed E-state index contributed by atoms with van der Waals surface area (Å²) >= 11 is 0. The van der Waals surface area contributed by atoms with Gasteiger partial charge in [0.2, 0.25) is 0 Å². The molecule has 4 rings (SSSR count). The van der Waals surface area contributed by atoms with Gasteiger partial charge in [0, 0.05) is 22.0 Å². The van der Waals surface area contributed by atoms with E-state index >= 15 is 0 Å². The average molecular weight is 397 g/mol. The zero-order valence-electron chi connectivity index (χ0n) is 18.4. The maximum atomic E-state index is 5.89. The molecule has 2 aliphatic heterocycles. The number of benzene rings is 2. The van der Waals surface area contributed by atoms with Crippen molar-refractivity contribution in [2.24, 2.45) is 10.8 Å². The second-order valence-corrected chi connectivity index (χ2v) is 9.69. The molecule has 0 aromatic heterocycles. The Bertz CT molecular complexity index is 826. The van der Waals surface area contributed by atoms with Crippen molar-refractivity contribution in [3.05, 3.63) is 58.7 Å². The Hall–Kier alpha value is -2.04. The van der Waals surface area contributed by atoms with E-state index in [4.69, 9.17) is 18.9 Å². The van der Waals surface area contributed by atoms with Gasteiger partial charge in [-0.15, -0.1) is 0 Å². The Kier molecular flexibility index (Phi) is 5.12. The first-order valence-electron chi connectivity index (χ1n) is 10.3. The summed E-state index contributed by atoms with van der Waals surface area (Å²) in [6.45, 7) is 10.5. The lowest BCUT2D eigenvalue weighted by Crippen LogP contribution is -2.40. The summed E-state index contributed by atoms with van der Waals surface area (Å²) in [6.07, 6.45) is 0.995. The van der Waals surface area contributed by atoms with Crippen LogP contribution in [0.15, 0.2) is 36.4 Å². The molecule has 2 fully saturated rings. The first-order valence-corrected chi connectivity index (χ1v) is 10.3. The smallest absolute Gasteiger partial charge is 0.124 e. The van der Waals surface area contributed by atoms with Crippen LogP contribution in [0.25, 0.3) is 0 Å². The number of rotatable bonds is 6. The van der Waals surface area contributed by atoms with Gasteiger partial charge in [-0.3, -0.25) is 0 Å². The molecule has 0 N–H and O–H groups in total.